The van der Waals surface area contributed by atoms with Crippen molar-refractivity contribution in [2.24, 2.45) is 5.92 Å². The van der Waals surface area contributed by atoms with Gasteiger partial charge in [-0.2, -0.15) is 0 Å². The Balaban J connectivity index is 0.00000243. The van der Waals surface area contributed by atoms with Crippen LogP contribution in [0.5, 0.6) is 0 Å². The summed E-state index contributed by atoms with van der Waals surface area (Å²) in [6, 6.07) is 4.32. The SMILES string of the molecule is CCN(CC)CCN(C(=O)C1CCC1)c1nc2cc(C)cc(C)c2s1.Cl. The van der Waals surface area contributed by atoms with Crippen molar-refractivity contribution in [2.75, 3.05) is 31.1 Å². The summed E-state index contributed by atoms with van der Waals surface area (Å²) >= 11 is 1.66. The van der Waals surface area contributed by atoms with Crippen LogP contribution in [0.3, 0.4) is 0 Å². The van der Waals surface area contributed by atoms with Crippen molar-refractivity contribution in [3.05, 3.63) is 23.3 Å². The molecule has 1 aliphatic carbocycles. The van der Waals surface area contributed by atoms with Crippen molar-refractivity contribution >= 4 is 45.0 Å². The molecule has 1 aliphatic rings. The average molecular weight is 396 g/mol. The first kappa shape index (κ1) is 21.1. The second-order valence-electron chi connectivity index (χ2n) is 7.07. The summed E-state index contributed by atoms with van der Waals surface area (Å²) in [4.78, 5) is 22.2. The van der Waals surface area contributed by atoms with E-state index in [0.29, 0.717) is 0 Å². The van der Waals surface area contributed by atoms with Gasteiger partial charge in [-0.1, -0.05) is 37.7 Å². The standard InChI is InChI=1S/C20H29N3OS.ClH/c1-5-22(6-2)10-11-23(19(24)16-8-7-9-16)20-21-17-13-14(3)12-15(4)18(17)25-20;/h12-13,16H,5-11H2,1-4H3;1H. The van der Waals surface area contributed by atoms with Gasteiger partial charge in [0.25, 0.3) is 0 Å². The zero-order chi connectivity index (χ0) is 18.0. The number of benzene rings is 1. The summed E-state index contributed by atoms with van der Waals surface area (Å²) in [5, 5.41) is 0.868. The second-order valence-corrected chi connectivity index (χ2v) is 8.05. The number of rotatable bonds is 7. The highest BCUT2D eigenvalue weighted by molar-refractivity contribution is 7.22. The van der Waals surface area contributed by atoms with Crippen molar-refractivity contribution in [3.8, 4) is 0 Å². The lowest BCUT2D eigenvalue weighted by atomic mass is 9.84. The van der Waals surface area contributed by atoms with Crippen LogP contribution >= 0.6 is 23.7 Å². The van der Waals surface area contributed by atoms with Crippen LogP contribution in [0.4, 0.5) is 5.13 Å². The number of aryl methyl sites for hydroxylation is 2. The largest absolute Gasteiger partial charge is 0.302 e. The molecule has 0 atom stereocenters. The van der Waals surface area contributed by atoms with E-state index in [4.69, 9.17) is 4.98 Å². The van der Waals surface area contributed by atoms with Crippen LogP contribution in [0.2, 0.25) is 0 Å². The number of thiazole rings is 1. The first-order valence-electron chi connectivity index (χ1n) is 9.45. The maximum atomic E-state index is 13.0. The Labute approximate surface area is 167 Å². The number of aromatic nitrogens is 1. The van der Waals surface area contributed by atoms with Gasteiger partial charge in [-0.25, -0.2) is 4.98 Å². The van der Waals surface area contributed by atoms with Crippen LogP contribution in [-0.2, 0) is 4.79 Å². The maximum Gasteiger partial charge on any atom is 0.231 e. The number of amides is 1. The lowest BCUT2D eigenvalue weighted by Gasteiger charge is -2.31. The molecule has 1 aromatic heterocycles. The van der Waals surface area contributed by atoms with Crippen LogP contribution in [0.15, 0.2) is 12.1 Å². The Morgan fingerprint density at radius 2 is 1.88 bits per heavy atom. The first-order chi connectivity index (χ1) is 12.0. The number of carbonyl (C=O) groups is 1. The molecule has 2 aromatic rings. The molecule has 0 aliphatic heterocycles. The number of hydrogen-bond donors (Lipinski definition) is 0. The van der Waals surface area contributed by atoms with E-state index in [0.717, 1.165) is 49.7 Å². The van der Waals surface area contributed by atoms with Crippen LogP contribution in [0.25, 0.3) is 10.2 Å². The topological polar surface area (TPSA) is 36.4 Å². The van der Waals surface area contributed by atoms with Crippen molar-refractivity contribution in [3.63, 3.8) is 0 Å². The fourth-order valence-electron chi connectivity index (χ4n) is 3.44. The summed E-state index contributed by atoms with van der Waals surface area (Å²) in [6.07, 6.45) is 3.24. The predicted molar refractivity (Wildman–Crippen MR) is 114 cm³/mol. The minimum absolute atomic E-state index is 0. The smallest absolute Gasteiger partial charge is 0.231 e. The molecule has 0 radical (unpaired) electrons. The molecule has 6 heteroatoms. The number of halogens is 1. The van der Waals surface area contributed by atoms with Gasteiger partial charge in [-0.05, 0) is 57.0 Å². The minimum atomic E-state index is 0. The zero-order valence-electron chi connectivity index (χ0n) is 16.2. The number of fused-ring (bicyclic) bond motifs is 1. The molecule has 1 heterocycles. The maximum absolute atomic E-state index is 13.0. The summed E-state index contributed by atoms with van der Waals surface area (Å²) in [5.41, 5.74) is 3.49. The zero-order valence-corrected chi connectivity index (χ0v) is 17.9. The highest BCUT2D eigenvalue weighted by Crippen LogP contribution is 2.35. The molecule has 26 heavy (non-hydrogen) atoms. The van der Waals surface area contributed by atoms with Gasteiger partial charge in [-0.3, -0.25) is 9.69 Å². The molecule has 1 fully saturated rings. The Kier molecular flexibility index (Phi) is 7.44. The van der Waals surface area contributed by atoms with Crippen molar-refractivity contribution in [2.45, 2.75) is 47.0 Å². The van der Waals surface area contributed by atoms with Gasteiger partial charge in [0.1, 0.15) is 0 Å². The third-order valence-corrected chi connectivity index (χ3v) is 6.52. The van der Waals surface area contributed by atoms with E-state index in [2.05, 4.69) is 44.7 Å². The van der Waals surface area contributed by atoms with E-state index in [1.807, 2.05) is 4.90 Å². The van der Waals surface area contributed by atoms with E-state index >= 15 is 0 Å². The molecule has 0 bridgehead atoms. The molecule has 0 N–H and O–H groups in total. The Morgan fingerprint density at radius 3 is 2.46 bits per heavy atom. The highest BCUT2D eigenvalue weighted by atomic mass is 35.5. The van der Waals surface area contributed by atoms with E-state index in [1.54, 1.807) is 11.3 Å². The van der Waals surface area contributed by atoms with E-state index in [9.17, 15) is 4.79 Å². The quantitative estimate of drug-likeness (QED) is 0.674. The Morgan fingerprint density at radius 1 is 1.19 bits per heavy atom. The fourth-order valence-corrected chi connectivity index (χ4v) is 4.48. The summed E-state index contributed by atoms with van der Waals surface area (Å²) in [5.74, 6) is 0.471. The monoisotopic (exact) mass is 395 g/mol. The Bertz CT molecular complexity index is 753. The molecule has 3 rings (SSSR count). The molecule has 1 aromatic carbocycles. The van der Waals surface area contributed by atoms with Crippen LogP contribution in [0, 0.1) is 19.8 Å². The van der Waals surface area contributed by atoms with Gasteiger partial charge in [0.05, 0.1) is 10.2 Å². The van der Waals surface area contributed by atoms with Crippen LogP contribution in [0.1, 0.15) is 44.2 Å². The van der Waals surface area contributed by atoms with Gasteiger partial charge in [-0.15, -0.1) is 12.4 Å². The predicted octanol–water partition coefficient (Wildman–Crippen LogP) is 4.81. The minimum Gasteiger partial charge on any atom is -0.302 e. The molecule has 1 amide bonds. The highest BCUT2D eigenvalue weighted by Gasteiger charge is 2.31. The third-order valence-electron chi connectivity index (χ3n) is 5.29. The molecule has 4 nitrogen and oxygen atoms in total. The van der Waals surface area contributed by atoms with E-state index in [-0.39, 0.29) is 24.2 Å². The molecular formula is C20H30ClN3OS. The lowest BCUT2D eigenvalue weighted by Crippen LogP contribution is -2.43. The normalized spacial score (nSPS) is 14.3. The molecule has 0 saturated heterocycles. The molecule has 144 valence electrons. The first-order valence-corrected chi connectivity index (χ1v) is 10.3. The average Bonchev–Trinajstić information content (AvgIpc) is 2.93. The third kappa shape index (κ3) is 4.38. The van der Waals surface area contributed by atoms with Crippen molar-refractivity contribution in [1.82, 2.24) is 9.88 Å². The second kappa shape index (κ2) is 9.16. The Hall–Kier alpha value is -1.17. The number of anilines is 1. The number of nitrogens with zero attached hydrogens (tertiary/aromatic N) is 3. The van der Waals surface area contributed by atoms with Crippen LogP contribution < -0.4 is 4.90 Å². The van der Waals surface area contributed by atoms with E-state index < -0.39 is 0 Å². The number of hydrogen-bond acceptors (Lipinski definition) is 4. The summed E-state index contributed by atoms with van der Waals surface area (Å²) in [7, 11) is 0. The fraction of sp³-hybridized carbons (Fsp3) is 0.600. The van der Waals surface area contributed by atoms with Crippen LogP contribution in [-0.4, -0.2) is 42.0 Å². The molecular weight excluding hydrogens is 366 g/mol. The van der Waals surface area contributed by atoms with Gasteiger partial charge in [0.15, 0.2) is 5.13 Å². The lowest BCUT2D eigenvalue weighted by molar-refractivity contribution is -0.124. The van der Waals surface area contributed by atoms with E-state index in [1.165, 1.54) is 22.2 Å². The van der Waals surface area contributed by atoms with Gasteiger partial charge in [0.2, 0.25) is 5.91 Å². The van der Waals surface area contributed by atoms with Gasteiger partial charge >= 0.3 is 0 Å². The summed E-state index contributed by atoms with van der Waals surface area (Å²) in [6.45, 7) is 12.2. The molecule has 0 unspecified atom stereocenters. The van der Waals surface area contributed by atoms with Gasteiger partial charge in [0, 0.05) is 19.0 Å². The molecule has 1 saturated carbocycles. The number of carbonyl (C=O) groups excluding carboxylic acids is 1. The number of likely N-dealkylation sites (N-methyl/N-ethyl adjacent to an activating group) is 1. The van der Waals surface area contributed by atoms with Gasteiger partial charge < -0.3 is 4.90 Å². The summed E-state index contributed by atoms with van der Waals surface area (Å²) < 4.78 is 1.20. The molecule has 0 spiro atoms. The van der Waals surface area contributed by atoms with Crippen molar-refractivity contribution in [1.29, 1.82) is 0 Å². The van der Waals surface area contributed by atoms with Crippen molar-refractivity contribution < 1.29 is 4.79 Å².